The summed E-state index contributed by atoms with van der Waals surface area (Å²) < 4.78 is 7.67. The van der Waals surface area contributed by atoms with Crippen molar-refractivity contribution in [3.63, 3.8) is 0 Å². The maximum atomic E-state index is 12.6. The zero-order chi connectivity index (χ0) is 18.0. The van der Waals surface area contributed by atoms with Crippen LogP contribution in [0.15, 0.2) is 10.6 Å². The van der Waals surface area contributed by atoms with Crippen molar-refractivity contribution >= 4 is 5.91 Å². The molecule has 2 aromatic heterocycles. The number of rotatable bonds is 5. The quantitative estimate of drug-likeness (QED) is 0.832. The normalized spacial score (nSPS) is 18.1. The molecule has 1 atom stereocenters. The van der Waals surface area contributed by atoms with Crippen molar-refractivity contribution in [1.29, 1.82) is 0 Å². The van der Waals surface area contributed by atoms with Crippen molar-refractivity contribution in [3.8, 4) is 0 Å². The van der Waals surface area contributed by atoms with E-state index in [1.165, 1.54) is 0 Å². The van der Waals surface area contributed by atoms with E-state index in [0.717, 1.165) is 37.4 Å². The molecule has 0 aliphatic carbocycles. The zero-order valence-corrected chi connectivity index (χ0v) is 15.5. The van der Waals surface area contributed by atoms with Gasteiger partial charge in [0.15, 0.2) is 0 Å². The van der Waals surface area contributed by atoms with E-state index in [9.17, 15) is 4.79 Å². The van der Waals surface area contributed by atoms with E-state index in [-0.39, 0.29) is 11.8 Å². The molecule has 1 aliphatic heterocycles. The Labute approximate surface area is 148 Å². The van der Waals surface area contributed by atoms with Gasteiger partial charge in [-0.05, 0) is 19.8 Å². The van der Waals surface area contributed by atoms with Gasteiger partial charge >= 0.3 is 0 Å². The Morgan fingerprint density at radius 2 is 2.20 bits per heavy atom. The lowest BCUT2D eigenvalue weighted by molar-refractivity contribution is -0.132. The molecular weight excluding hydrogens is 318 g/mol. The lowest BCUT2D eigenvalue weighted by Crippen LogP contribution is -2.39. The number of nitrogens with zero attached hydrogens (tertiary/aromatic N) is 5. The molecule has 1 aliphatic rings. The predicted molar refractivity (Wildman–Crippen MR) is 93.2 cm³/mol. The summed E-state index contributed by atoms with van der Waals surface area (Å²) in [5.41, 5.74) is 1.03. The van der Waals surface area contributed by atoms with Gasteiger partial charge in [0.05, 0.1) is 5.69 Å². The van der Waals surface area contributed by atoms with Crippen molar-refractivity contribution in [2.24, 2.45) is 7.05 Å². The molecule has 0 spiro atoms. The van der Waals surface area contributed by atoms with E-state index in [1.54, 1.807) is 0 Å². The van der Waals surface area contributed by atoms with Crippen LogP contribution in [0.2, 0.25) is 0 Å². The van der Waals surface area contributed by atoms with Crippen molar-refractivity contribution in [1.82, 2.24) is 24.6 Å². The summed E-state index contributed by atoms with van der Waals surface area (Å²) in [4.78, 5) is 19.2. The van der Waals surface area contributed by atoms with Crippen molar-refractivity contribution < 1.29 is 9.21 Å². The highest BCUT2D eigenvalue weighted by atomic mass is 16.4. The predicted octanol–water partition coefficient (Wildman–Crippen LogP) is 2.57. The summed E-state index contributed by atoms with van der Waals surface area (Å²) in [5.74, 6) is 2.93. The van der Waals surface area contributed by atoms with E-state index in [2.05, 4.69) is 19.7 Å². The van der Waals surface area contributed by atoms with Crippen LogP contribution < -0.4 is 0 Å². The molecule has 1 saturated heterocycles. The van der Waals surface area contributed by atoms with E-state index >= 15 is 0 Å². The highest BCUT2D eigenvalue weighted by Crippen LogP contribution is 2.26. The number of aryl methyl sites for hydroxylation is 3. The smallest absolute Gasteiger partial charge is 0.223 e. The van der Waals surface area contributed by atoms with Gasteiger partial charge in [-0.15, -0.1) is 10.2 Å². The van der Waals surface area contributed by atoms with E-state index < -0.39 is 0 Å². The van der Waals surface area contributed by atoms with Gasteiger partial charge in [0.25, 0.3) is 0 Å². The first-order valence-corrected chi connectivity index (χ1v) is 9.04. The molecule has 3 heterocycles. The molecule has 25 heavy (non-hydrogen) atoms. The lowest BCUT2D eigenvalue weighted by atomic mass is 9.96. The molecule has 0 radical (unpaired) electrons. The zero-order valence-electron chi connectivity index (χ0n) is 15.5. The SMILES string of the molecule is Cc1cn(C)c(C2CCCN(C(=O)CCc3nnc(C(C)C)o3)C2)n1. The number of hydrogen-bond acceptors (Lipinski definition) is 5. The van der Waals surface area contributed by atoms with Crippen LogP contribution in [0.1, 0.15) is 68.2 Å². The molecule has 2 aromatic rings. The van der Waals surface area contributed by atoms with Crippen LogP contribution in [-0.2, 0) is 18.3 Å². The number of carbonyl (C=O) groups excluding carboxylic acids is 1. The molecule has 0 bridgehead atoms. The van der Waals surface area contributed by atoms with E-state index in [1.807, 2.05) is 38.9 Å². The number of hydrogen-bond donors (Lipinski definition) is 0. The second kappa shape index (κ2) is 7.37. The van der Waals surface area contributed by atoms with Crippen molar-refractivity contribution in [2.45, 2.75) is 58.3 Å². The van der Waals surface area contributed by atoms with E-state index in [4.69, 9.17) is 4.42 Å². The monoisotopic (exact) mass is 345 g/mol. The second-order valence-corrected chi connectivity index (χ2v) is 7.22. The Morgan fingerprint density at radius 1 is 1.40 bits per heavy atom. The summed E-state index contributed by atoms with van der Waals surface area (Å²) in [6.07, 6.45) is 5.04. The fraction of sp³-hybridized carbons (Fsp3) is 0.667. The summed E-state index contributed by atoms with van der Waals surface area (Å²) in [5, 5.41) is 8.05. The molecule has 136 valence electrons. The minimum atomic E-state index is 0.153. The molecular formula is C18H27N5O2. The summed E-state index contributed by atoms with van der Waals surface area (Å²) in [6, 6.07) is 0. The lowest BCUT2D eigenvalue weighted by Gasteiger charge is -2.32. The van der Waals surface area contributed by atoms with Gasteiger partial charge in [-0.2, -0.15) is 0 Å². The minimum absolute atomic E-state index is 0.153. The molecule has 3 rings (SSSR count). The fourth-order valence-electron chi connectivity index (χ4n) is 3.40. The molecule has 7 heteroatoms. The Bertz CT molecular complexity index is 734. The number of aromatic nitrogens is 4. The van der Waals surface area contributed by atoms with Crippen LogP contribution in [0, 0.1) is 6.92 Å². The third-order valence-corrected chi connectivity index (χ3v) is 4.70. The minimum Gasteiger partial charge on any atom is -0.425 e. The van der Waals surface area contributed by atoms with Crippen LogP contribution in [0.25, 0.3) is 0 Å². The first-order chi connectivity index (χ1) is 11.9. The van der Waals surface area contributed by atoms with Crippen molar-refractivity contribution in [2.75, 3.05) is 13.1 Å². The number of piperidine rings is 1. The average molecular weight is 345 g/mol. The summed E-state index contributed by atoms with van der Waals surface area (Å²) in [6.45, 7) is 7.58. The van der Waals surface area contributed by atoms with Crippen molar-refractivity contribution in [3.05, 3.63) is 29.5 Å². The molecule has 0 aromatic carbocycles. The maximum Gasteiger partial charge on any atom is 0.223 e. The Morgan fingerprint density at radius 3 is 2.84 bits per heavy atom. The van der Waals surface area contributed by atoms with Crippen LogP contribution in [0.5, 0.6) is 0 Å². The van der Waals surface area contributed by atoms with Gasteiger partial charge in [0.1, 0.15) is 5.82 Å². The number of amides is 1. The molecule has 1 fully saturated rings. The van der Waals surface area contributed by atoms with Gasteiger partial charge in [-0.3, -0.25) is 4.79 Å². The molecule has 1 unspecified atom stereocenters. The molecule has 0 N–H and O–H groups in total. The number of likely N-dealkylation sites (tertiary alicyclic amines) is 1. The fourth-order valence-corrected chi connectivity index (χ4v) is 3.40. The van der Waals surface area contributed by atoms with Crippen LogP contribution in [0.3, 0.4) is 0 Å². The highest BCUT2D eigenvalue weighted by molar-refractivity contribution is 5.76. The molecule has 7 nitrogen and oxygen atoms in total. The van der Waals surface area contributed by atoms with Crippen LogP contribution in [0.4, 0.5) is 0 Å². The number of carbonyl (C=O) groups is 1. The van der Waals surface area contributed by atoms with Gasteiger partial charge in [-0.25, -0.2) is 4.98 Å². The standard InChI is InChI=1S/C18H27N5O2/c1-12(2)18-21-20-15(25-18)7-8-16(24)23-9-5-6-14(11-23)17-19-13(3)10-22(17)4/h10,12,14H,5-9,11H2,1-4H3. The van der Waals surface area contributed by atoms with Gasteiger partial charge in [0, 0.05) is 51.0 Å². The first-order valence-electron chi connectivity index (χ1n) is 9.04. The maximum absolute atomic E-state index is 12.6. The summed E-state index contributed by atoms with van der Waals surface area (Å²) >= 11 is 0. The van der Waals surface area contributed by atoms with Crippen LogP contribution >= 0.6 is 0 Å². The molecule has 0 saturated carbocycles. The number of imidazole rings is 1. The Hall–Kier alpha value is -2.18. The van der Waals surface area contributed by atoms with Gasteiger partial charge < -0.3 is 13.9 Å². The third kappa shape index (κ3) is 4.08. The largest absolute Gasteiger partial charge is 0.425 e. The van der Waals surface area contributed by atoms with E-state index in [0.29, 0.717) is 30.5 Å². The van der Waals surface area contributed by atoms with Gasteiger partial charge in [0.2, 0.25) is 17.7 Å². The second-order valence-electron chi connectivity index (χ2n) is 7.22. The third-order valence-electron chi connectivity index (χ3n) is 4.70. The summed E-state index contributed by atoms with van der Waals surface area (Å²) in [7, 11) is 2.03. The van der Waals surface area contributed by atoms with Crippen LogP contribution in [-0.4, -0.2) is 43.6 Å². The first kappa shape index (κ1) is 17.6. The average Bonchev–Trinajstić information content (AvgIpc) is 3.19. The topological polar surface area (TPSA) is 77.0 Å². The molecule has 1 amide bonds. The van der Waals surface area contributed by atoms with Gasteiger partial charge in [-0.1, -0.05) is 13.8 Å². The highest BCUT2D eigenvalue weighted by Gasteiger charge is 2.27. The Kier molecular flexibility index (Phi) is 5.20. The Balaban J connectivity index is 1.57.